The van der Waals surface area contributed by atoms with Crippen LogP contribution in [0.4, 0.5) is 0 Å². The van der Waals surface area contributed by atoms with Crippen LogP contribution in [0, 0.1) is 0 Å². The Balaban J connectivity index is 3.50. The topological polar surface area (TPSA) is 58.2 Å². The van der Waals surface area contributed by atoms with Crippen LogP contribution in [0.1, 0.15) is 6.92 Å². The lowest BCUT2D eigenvalue weighted by Crippen LogP contribution is -2.37. The third kappa shape index (κ3) is 4.73. The van der Waals surface area contributed by atoms with Gasteiger partial charge in [0.1, 0.15) is 5.88 Å². The molecule has 68 valence electrons. The summed E-state index contributed by atoms with van der Waals surface area (Å²) in [6, 6.07) is 0. The zero-order chi connectivity index (χ0) is 9.56. The zero-order valence-electron chi connectivity index (χ0n) is 6.82. The number of hydrogen-bond donors (Lipinski definition) is 2. The Hall–Kier alpha value is -1.03. The summed E-state index contributed by atoms with van der Waals surface area (Å²) in [7, 11) is 0. The first-order valence-electron chi connectivity index (χ1n) is 3.34. The standard InChI is InChI=1S/C7H11ClN2O2/c1-5(2)7(12)10-4-9-6(11)3-8/h1,3-4H2,2H3,(H,9,11)(H,10,12). The Morgan fingerprint density at radius 2 is 2.00 bits per heavy atom. The van der Waals surface area contributed by atoms with Crippen molar-refractivity contribution in [2.45, 2.75) is 6.92 Å². The Kier molecular flexibility index (Phi) is 5.12. The minimum atomic E-state index is -0.321. The zero-order valence-corrected chi connectivity index (χ0v) is 7.57. The number of amides is 2. The highest BCUT2D eigenvalue weighted by molar-refractivity contribution is 6.27. The molecule has 12 heavy (non-hydrogen) atoms. The van der Waals surface area contributed by atoms with Crippen LogP contribution in [0.5, 0.6) is 0 Å². The monoisotopic (exact) mass is 190 g/mol. The highest BCUT2D eigenvalue weighted by Gasteiger charge is 2.00. The third-order valence-corrected chi connectivity index (χ3v) is 1.29. The normalized spacial score (nSPS) is 8.83. The molecule has 0 aromatic rings. The van der Waals surface area contributed by atoms with Gasteiger partial charge in [-0.2, -0.15) is 0 Å². The molecule has 0 aliphatic heterocycles. The van der Waals surface area contributed by atoms with Crippen molar-refractivity contribution in [3.8, 4) is 0 Å². The first kappa shape index (κ1) is 11.0. The SMILES string of the molecule is C=C(C)C(=O)NCNC(=O)CCl. The van der Waals surface area contributed by atoms with Crippen LogP contribution in [0.15, 0.2) is 12.2 Å². The second-order valence-corrected chi connectivity index (χ2v) is 2.46. The number of rotatable bonds is 4. The summed E-state index contributed by atoms with van der Waals surface area (Å²) in [6.45, 7) is 5.08. The fraction of sp³-hybridized carbons (Fsp3) is 0.429. The van der Waals surface area contributed by atoms with Crippen molar-refractivity contribution in [1.82, 2.24) is 10.6 Å². The second-order valence-electron chi connectivity index (χ2n) is 2.20. The minimum Gasteiger partial charge on any atom is -0.338 e. The molecule has 0 aliphatic carbocycles. The van der Waals surface area contributed by atoms with Crippen LogP contribution in [-0.4, -0.2) is 24.4 Å². The van der Waals surface area contributed by atoms with E-state index in [1.54, 1.807) is 6.92 Å². The van der Waals surface area contributed by atoms with Crippen molar-refractivity contribution in [2.75, 3.05) is 12.5 Å². The average Bonchev–Trinajstić information content (AvgIpc) is 2.03. The lowest BCUT2D eigenvalue weighted by molar-refractivity contribution is -0.119. The van der Waals surface area contributed by atoms with Gasteiger partial charge in [0.15, 0.2) is 0 Å². The van der Waals surface area contributed by atoms with Crippen molar-refractivity contribution in [2.24, 2.45) is 0 Å². The molecule has 0 atom stereocenters. The van der Waals surface area contributed by atoms with Gasteiger partial charge in [0.25, 0.3) is 0 Å². The third-order valence-electron chi connectivity index (χ3n) is 1.04. The summed E-state index contributed by atoms with van der Waals surface area (Å²) in [5.41, 5.74) is 0.398. The van der Waals surface area contributed by atoms with Crippen LogP contribution in [-0.2, 0) is 9.59 Å². The van der Waals surface area contributed by atoms with Crippen LogP contribution in [0.2, 0.25) is 0 Å². The van der Waals surface area contributed by atoms with Crippen LogP contribution in [0.3, 0.4) is 0 Å². The van der Waals surface area contributed by atoms with Gasteiger partial charge in [0.2, 0.25) is 11.8 Å². The quantitative estimate of drug-likeness (QED) is 0.372. The molecular formula is C7H11ClN2O2. The van der Waals surface area contributed by atoms with Crippen LogP contribution >= 0.6 is 11.6 Å². The fourth-order valence-electron chi connectivity index (χ4n) is 0.421. The molecule has 2 N–H and O–H groups in total. The van der Waals surface area contributed by atoms with Crippen LogP contribution in [0.25, 0.3) is 0 Å². The Morgan fingerprint density at radius 1 is 1.42 bits per heavy atom. The Bertz CT molecular complexity index is 204. The maximum atomic E-state index is 10.8. The number of halogens is 1. The molecule has 0 radical (unpaired) electrons. The molecule has 0 aliphatic rings. The summed E-state index contributed by atoms with van der Waals surface area (Å²) < 4.78 is 0. The van der Waals surface area contributed by atoms with Crippen molar-refractivity contribution < 1.29 is 9.59 Å². The van der Waals surface area contributed by atoms with Crippen molar-refractivity contribution in [1.29, 1.82) is 0 Å². The molecule has 0 unspecified atom stereocenters. The van der Waals surface area contributed by atoms with E-state index in [1.165, 1.54) is 0 Å². The molecule has 2 amide bonds. The lowest BCUT2D eigenvalue weighted by Gasteiger charge is -2.04. The molecule has 0 bridgehead atoms. The minimum absolute atomic E-state index is 0.0806. The highest BCUT2D eigenvalue weighted by atomic mass is 35.5. The van der Waals surface area contributed by atoms with Gasteiger partial charge < -0.3 is 10.6 Å². The molecule has 0 heterocycles. The van der Waals surface area contributed by atoms with E-state index in [0.29, 0.717) is 5.57 Å². The molecule has 0 spiro atoms. The van der Waals surface area contributed by atoms with Crippen LogP contribution < -0.4 is 10.6 Å². The van der Waals surface area contributed by atoms with E-state index in [-0.39, 0.29) is 24.4 Å². The number of hydrogen-bond acceptors (Lipinski definition) is 2. The van der Waals surface area contributed by atoms with Gasteiger partial charge in [-0.05, 0) is 6.92 Å². The van der Waals surface area contributed by atoms with E-state index in [0.717, 1.165) is 0 Å². The van der Waals surface area contributed by atoms with Gasteiger partial charge in [-0.3, -0.25) is 9.59 Å². The summed E-state index contributed by atoms with van der Waals surface area (Å²) >= 11 is 5.19. The Labute approximate surface area is 76.0 Å². The lowest BCUT2D eigenvalue weighted by atomic mass is 10.3. The largest absolute Gasteiger partial charge is 0.338 e. The van der Waals surface area contributed by atoms with E-state index >= 15 is 0 Å². The van der Waals surface area contributed by atoms with E-state index < -0.39 is 0 Å². The van der Waals surface area contributed by atoms with E-state index in [2.05, 4.69) is 17.2 Å². The molecule has 4 nitrogen and oxygen atoms in total. The number of carbonyl (C=O) groups excluding carboxylic acids is 2. The molecular weight excluding hydrogens is 180 g/mol. The maximum absolute atomic E-state index is 10.8. The Morgan fingerprint density at radius 3 is 2.42 bits per heavy atom. The van der Waals surface area contributed by atoms with E-state index in [4.69, 9.17) is 11.6 Å². The molecule has 0 aromatic heterocycles. The smallest absolute Gasteiger partial charge is 0.247 e. The summed E-state index contributed by atoms with van der Waals surface area (Å²) in [4.78, 5) is 21.4. The van der Waals surface area contributed by atoms with E-state index in [9.17, 15) is 9.59 Å². The molecule has 5 heteroatoms. The van der Waals surface area contributed by atoms with Gasteiger partial charge >= 0.3 is 0 Å². The summed E-state index contributed by atoms with van der Waals surface area (Å²) in [5.74, 6) is -0.716. The van der Waals surface area contributed by atoms with Gasteiger partial charge in [0, 0.05) is 5.57 Å². The highest BCUT2D eigenvalue weighted by Crippen LogP contribution is 1.83. The van der Waals surface area contributed by atoms with Gasteiger partial charge in [-0.1, -0.05) is 6.58 Å². The number of alkyl halides is 1. The van der Waals surface area contributed by atoms with Gasteiger partial charge in [-0.15, -0.1) is 11.6 Å². The summed E-state index contributed by atoms with van der Waals surface area (Å²) in [6.07, 6.45) is 0. The molecule has 0 aromatic carbocycles. The van der Waals surface area contributed by atoms with Crippen molar-refractivity contribution >= 4 is 23.4 Å². The summed E-state index contributed by atoms with van der Waals surface area (Å²) in [5, 5.41) is 4.79. The number of nitrogens with one attached hydrogen (secondary N) is 2. The second kappa shape index (κ2) is 5.60. The first-order chi connectivity index (χ1) is 5.57. The predicted octanol–water partition coefficient (Wildman–Crippen LogP) is -0.00880. The molecule has 0 fully saturated rings. The predicted molar refractivity (Wildman–Crippen MR) is 46.7 cm³/mol. The van der Waals surface area contributed by atoms with Gasteiger partial charge in [0.05, 0.1) is 6.67 Å². The average molecular weight is 191 g/mol. The maximum Gasteiger partial charge on any atom is 0.247 e. The first-order valence-corrected chi connectivity index (χ1v) is 3.87. The number of carbonyl (C=O) groups is 2. The molecule has 0 saturated heterocycles. The fourth-order valence-corrected chi connectivity index (χ4v) is 0.516. The van der Waals surface area contributed by atoms with E-state index in [1.807, 2.05) is 0 Å². The van der Waals surface area contributed by atoms with Gasteiger partial charge in [-0.25, -0.2) is 0 Å². The molecule has 0 saturated carbocycles. The molecule has 0 rings (SSSR count). The van der Waals surface area contributed by atoms with Crippen molar-refractivity contribution in [3.05, 3.63) is 12.2 Å². The van der Waals surface area contributed by atoms with Crippen molar-refractivity contribution in [3.63, 3.8) is 0 Å².